The summed E-state index contributed by atoms with van der Waals surface area (Å²) in [5.41, 5.74) is 3.67. The number of nitrogens with zero attached hydrogens (tertiary/aromatic N) is 3. The molecule has 2 aliphatic heterocycles. The first-order valence-corrected chi connectivity index (χ1v) is 10.2. The molecule has 3 rings (SSSR count). The zero-order chi connectivity index (χ0) is 20.4. The third-order valence-electron chi connectivity index (χ3n) is 6.06. The van der Waals surface area contributed by atoms with Gasteiger partial charge in [-0.1, -0.05) is 35.9 Å². The normalized spacial score (nSPS) is 23.5. The van der Waals surface area contributed by atoms with Crippen LogP contribution in [0.25, 0.3) is 0 Å². The number of aryl methyl sites for hydroxylation is 1. The highest BCUT2D eigenvalue weighted by molar-refractivity contribution is 5.77. The number of hydrogen-bond donors (Lipinski definition) is 0. The molecule has 3 amide bonds. The van der Waals surface area contributed by atoms with Crippen molar-refractivity contribution < 1.29 is 9.59 Å². The van der Waals surface area contributed by atoms with E-state index in [-0.39, 0.29) is 18.0 Å². The number of likely N-dealkylation sites (tertiary alicyclic amines) is 2. The highest BCUT2D eigenvalue weighted by Crippen LogP contribution is 2.46. The summed E-state index contributed by atoms with van der Waals surface area (Å²) in [4.78, 5) is 31.3. The van der Waals surface area contributed by atoms with Gasteiger partial charge >= 0.3 is 6.03 Å². The van der Waals surface area contributed by atoms with E-state index in [0.717, 1.165) is 26.1 Å². The molecule has 2 saturated heterocycles. The molecule has 0 N–H and O–H groups in total. The average Bonchev–Trinajstić information content (AvgIpc) is 3.19. The molecule has 2 fully saturated rings. The summed E-state index contributed by atoms with van der Waals surface area (Å²) in [6.45, 7) is 8.46. The average molecular weight is 384 g/mol. The van der Waals surface area contributed by atoms with Gasteiger partial charge in [-0.05, 0) is 38.3 Å². The Kier molecular flexibility index (Phi) is 6.11. The lowest BCUT2D eigenvalue weighted by molar-refractivity contribution is -0.130. The smallest absolute Gasteiger partial charge is 0.320 e. The van der Waals surface area contributed by atoms with Crippen LogP contribution in [0.3, 0.4) is 0 Å². The maximum Gasteiger partial charge on any atom is 0.320 e. The van der Waals surface area contributed by atoms with Gasteiger partial charge in [0.05, 0.1) is 6.04 Å². The van der Waals surface area contributed by atoms with Crippen LogP contribution in [0.5, 0.6) is 0 Å². The number of hydrogen-bond acceptors (Lipinski definition) is 2. The molecule has 2 aliphatic rings. The second-order valence-electron chi connectivity index (χ2n) is 8.67. The second kappa shape index (κ2) is 8.38. The fourth-order valence-electron chi connectivity index (χ4n) is 4.66. The molecule has 0 unspecified atom stereocenters. The number of carbonyl (C=O) groups excluding carboxylic acids is 2. The number of fused-ring (bicyclic) bond motifs is 1. The zero-order valence-electron chi connectivity index (χ0n) is 17.8. The molecule has 0 bridgehead atoms. The second-order valence-corrected chi connectivity index (χ2v) is 8.67. The number of allylic oxidation sites excluding steroid dienone is 2. The van der Waals surface area contributed by atoms with Gasteiger partial charge in [0.2, 0.25) is 5.91 Å². The van der Waals surface area contributed by atoms with Crippen LogP contribution in [0.4, 0.5) is 4.79 Å². The molecular weight excluding hydrogens is 350 g/mol. The van der Waals surface area contributed by atoms with E-state index in [0.29, 0.717) is 18.3 Å². The number of urea groups is 1. The minimum Gasteiger partial charge on any atom is -0.342 e. The van der Waals surface area contributed by atoms with Crippen LogP contribution < -0.4 is 0 Å². The zero-order valence-corrected chi connectivity index (χ0v) is 17.8. The van der Waals surface area contributed by atoms with Crippen molar-refractivity contribution in [3.8, 4) is 0 Å². The van der Waals surface area contributed by atoms with Crippen molar-refractivity contribution in [3.63, 3.8) is 0 Å². The number of benzene rings is 1. The molecule has 3 atom stereocenters. The standard InChI is InChI=1S/C23H33N3O2/c1-16(2)9-8-12-21(27)25-13-18-14-26(23(28)24(4)5)22(20(18)15-25)19-11-7-6-10-17(19)3/h6-7,9-11,18,20,22H,8,12-15H2,1-5H3/t18-,20-,22+/m1/s1. The van der Waals surface area contributed by atoms with Crippen molar-refractivity contribution in [2.75, 3.05) is 33.7 Å². The van der Waals surface area contributed by atoms with E-state index in [9.17, 15) is 9.59 Å². The van der Waals surface area contributed by atoms with E-state index in [2.05, 4.69) is 39.0 Å². The van der Waals surface area contributed by atoms with Gasteiger partial charge in [-0.3, -0.25) is 4.79 Å². The van der Waals surface area contributed by atoms with Crippen molar-refractivity contribution in [2.24, 2.45) is 11.8 Å². The van der Waals surface area contributed by atoms with Gasteiger partial charge in [0.1, 0.15) is 0 Å². The lowest BCUT2D eigenvalue weighted by atomic mass is 9.88. The van der Waals surface area contributed by atoms with Crippen LogP contribution in [0, 0.1) is 18.8 Å². The Morgan fingerprint density at radius 3 is 2.50 bits per heavy atom. The molecule has 0 aliphatic carbocycles. The minimum atomic E-state index is 0.0386. The van der Waals surface area contributed by atoms with E-state index >= 15 is 0 Å². The van der Waals surface area contributed by atoms with Gasteiger partial charge in [0.25, 0.3) is 0 Å². The molecule has 28 heavy (non-hydrogen) atoms. The monoisotopic (exact) mass is 383 g/mol. The van der Waals surface area contributed by atoms with Crippen LogP contribution in [0.2, 0.25) is 0 Å². The molecule has 1 aromatic rings. The molecular formula is C23H33N3O2. The Morgan fingerprint density at radius 2 is 1.86 bits per heavy atom. The molecule has 0 saturated carbocycles. The summed E-state index contributed by atoms with van der Waals surface area (Å²) < 4.78 is 0. The summed E-state index contributed by atoms with van der Waals surface area (Å²) in [6.07, 6.45) is 3.50. The molecule has 0 spiro atoms. The van der Waals surface area contributed by atoms with Crippen molar-refractivity contribution in [3.05, 3.63) is 47.0 Å². The molecule has 5 heteroatoms. The van der Waals surface area contributed by atoms with E-state index in [1.165, 1.54) is 16.7 Å². The summed E-state index contributed by atoms with van der Waals surface area (Å²) in [6, 6.07) is 8.43. The van der Waals surface area contributed by atoms with Crippen molar-refractivity contribution >= 4 is 11.9 Å². The molecule has 152 valence electrons. The first kappa shape index (κ1) is 20.4. The Bertz CT molecular complexity index is 767. The lowest BCUT2D eigenvalue weighted by Crippen LogP contribution is -2.42. The first-order valence-electron chi connectivity index (χ1n) is 10.2. The Hall–Kier alpha value is -2.30. The molecule has 1 aromatic carbocycles. The van der Waals surface area contributed by atoms with Crippen molar-refractivity contribution in [1.82, 2.24) is 14.7 Å². The van der Waals surface area contributed by atoms with Gasteiger partial charge in [-0.15, -0.1) is 0 Å². The maximum atomic E-state index is 12.9. The molecule has 5 nitrogen and oxygen atoms in total. The molecule has 0 radical (unpaired) electrons. The SMILES string of the molecule is CC(C)=CCCC(=O)N1C[C@@H]2CN(C(=O)N(C)C)[C@@H](c3ccccc3C)[C@@H]2C1. The highest BCUT2D eigenvalue weighted by Gasteiger charge is 2.50. The van der Waals surface area contributed by atoms with Gasteiger partial charge < -0.3 is 14.7 Å². The van der Waals surface area contributed by atoms with E-state index in [1.54, 1.807) is 4.90 Å². The fraction of sp³-hybridized carbons (Fsp3) is 0.565. The highest BCUT2D eigenvalue weighted by atomic mass is 16.2. The van der Waals surface area contributed by atoms with Gasteiger partial charge in [-0.2, -0.15) is 0 Å². The Morgan fingerprint density at radius 1 is 1.14 bits per heavy atom. The maximum absolute atomic E-state index is 12.9. The molecule has 2 heterocycles. The van der Waals surface area contributed by atoms with Crippen LogP contribution in [0.1, 0.15) is 43.9 Å². The van der Waals surface area contributed by atoms with Crippen LogP contribution in [0.15, 0.2) is 35.9 Å². The third-order valence-corrected chi connectivity index (χ3v) is 6.06. The van der Waals surface area contributed by atoms with Gasteiger partial charge in [0, 0.05) is 52.0 Å². The molecule has 0 aromatic heterocycles. The van der Waals surface area contributed by atoms with E-state index in [1.807, 2.05) is 36.0 Å². The minimum absolute atomic E-state index is 0.0386. The quantitative estimate of drug-likeness (QED) is 0.741. The third kappa shape index (κ3) is 4.08. The van der Waals surface area contributed by atoms with Crippen LogP contribution in [-0.4, -0.2) is 60.4 Å². The van der Waals surface area contributed by atoms with Gasteiger partial charge in [0.15, 0.2) is 0 Å². The lowest BCUT2D eigenvalue weighted by Gasteiger charge is -2.32. The fourth-order valence-corrected chi connectivity index (χ4v) is 4.66. The summed E-state index contributed by atoms with van der Waals surface area (Å²) in [7, 11) is 3.62. The summed E-state index contributed by atoms with van der Waals surface area (Å²) in [5, 5.41) is 0. The predicted octanol–water partition coefficient (Wildman–Crippen LogP) is 3.85. The number of carbonyl (C=O) groups is 2. The van der Waals surface area contributed by atoms with E-state index < -0.39 is 0 Å². The predicted molar refractivity (Wildman–Crippen MR) is 112 cm³/mol. The number of amides is 3. The van der Waals surface area contributed by atoms with Crippen molar-refractivity contribution in [2.45, 2.75) is 39.7 Å². The number of rotatable bonds is 4. The Balaban J connectivity index is 1.80. The van der Waals surface area contributed by atoms with Crippen LogP contribution >= 0.6 is 0 Å². The van der Waals surface area contributed by atoms with Crippen molar-refractivity contribution in [1.29, 1.82) is 0 Å². The van der Waals surface area contributed by atoms with Crippen LogP contribution in [-0.2, 0) is 4.79 Å². The topological polar surface area (TPSA) is 43.9 Å². The van der Waals surface area contributed by atoms with Gasteiger partial charge in [-0.25, -0.2) is 4.79 Å². The first-order chi connectivity index (χ1) is 13.3. The van der Waals surface area contributed by atoms with E-state index in [4.69, 9.17) is 0 Å². The summed E-state index contributed by atoms with van der Waals surface area (Å²) in [5.74, 6) is 0.888. The summed E-state index contributed by atoms with van der Waals surface area (Å²) >= 11 is 0. The largest absolute Gasteiger partial charge is 0.342 e. The Labute approximate surface area is 169 Å².